The zero-order valence-electron chi connectivity index (χ0n) is 7.19. The Morgan fingerprint density at radius 1 is 1.31 bits per heavy atom. The Kier molecular flexibility index (Phi) is 2.70. The van der Waals surface area contributed by atoms with Gasteiger partial charge < -0.3 is 10.2 Å². The highest BCUT2D eigenvalue weighted by atomic mass is 16.4. The van der Waals surface area contributed by atoms with Gasteiger partial charge in [0.25, 0.3) is 0 Å². The summed E-state index contributed by atoms with van der Waals surface area (Å²) in [5.41, 5.74) is -1.07. The summed E-state index contributed by atoms with van der Waals surface area (Å²) in [7, 11) is 0. The Bertz CT molecular complexity index is 256. The molecular formula is C9H12O4. The Labute approximate surface area is 75.9 Å². The molecule has 1 aliphatic rings. The Morgan fingerprint density at radius 3 is 2.38 bits per heavy atom. The van der Waals surface area contributed by atoms with Crippen LogP contribution < -0.4 is 0 Å². The molecule has 1 atom stereocenters. The van der Waals surface area contributed by atoms with E-state index in [-0.39, 0.29) is 6.42 Å². The predicted octanol–water partition coefficient (Wildman–Crippen LogP) is 1.27. The number of aliphatic carboxylic acids is 2. The zero-order chi connectivity index (χ0) is 9.90. The number of carboxylic acids is 2. The molecule has 0 aromatic rings. The van der Waals surface area contributed by atoms with Crippen molar-refractivity contribution in [2.24, 2.45) is 5.41 Å². The molecule has 0 radical (unpaired) electrons. The molecule has 13 heavy (non-hydrogen) atoms. The molecule has 0 aliphatic heterocycles. The van der Waals surface area contributed by atoms with Crippen LogP contribution in [0.25, 0.3) is 0 Å². The Hall–Kier alpha value is -1.32. The standard InChI is InChI=1S/C9H12O4/c10-7(11)6-9(8(12)13)4-2-1-3-5-9/h1-2H,3-6H2,(H,10,11)(H,12,13). The molecule has 1 unspecified atom stereocenters. The molecule has 4 heteroatoms. The second-order valence-corrected chi connectivity index (χ2v) is 3.37. The molecule has 0 amide bonds. The van der Waals surface area contributed by atoms with Gasteiger partial charge in [-0.15, -0.1) is 0 Å². The molecular weight excluding hydrogens is 172 g/mol. The first-order valence-corrected chi connectivity index (χ1v) is 4.17. The van der Waals surface area contributed by atoms with Crippen molar-refractivity contribution in [1.82, 2.24) is 0 Å². The monoisotopic (exact) mass is 184 g/mol. The summed E-state index contributed by atoms with van der Waals surface area (Å²) in [5.74, 6) is -2.04. The number of hydrogen-bond acceptors (Lipinski definition) is 2. The average molecular weight is 184 g/mol. The smallest absolute Gasteiger partial charge is 0.310 e. The van der Waals surface area contributed by atoms with Crippen LogP contribution in [0.4, 0.5) is 0 Å². The maximum absolute atomic E-state index is 10.9. The third-order valence-corrected chi connectivity index (χ3v) is 2.41. The molecule has 4 nitrogen and oxygen atoms in total. The third kappa shape index (κ3) is 2.08. The van der Waals surface area contributed by atoms with E-state index in [1.54, 1.807) is 6.08 Å². The molecule has 0 aromatic heterocycles. The largest absolute Gasteiger partial charge is 0.481 e. The van der Waals surface area contributed by atoms with Gasteiger partial charge in [0.1, 0.15) is 0 Å². The van der Waals surface area contributed by atoms with E-state index in [9.17, 15) is 9.59 Å². The summed E-state index contributed by atoms with van der Waals surface area (Å²) in [6.45, 7) is 0. The first-order chi connectivity index (χ1) is 6.07. The second kappa shape index (κ2) is 3.60. The van der Waals surface area contributed by atoms with Crippen LogP contribution in [0.1, 0.15) is 25.7 Å². The molecule has 0 heterocycles. The van der Waals surface area contributed by atoms with Crippen LogP contribution in [-0.4, -0.2) is 22.2 Å². The van der Waals surface area contributed by atoms with E-state index >= 15 is 0 Å². The minimum absolute atomic E-state index is 0.285. The Morgan fingerprint density at radius 2 is 2.00 bits per heavy atom. The van der Waals surface area contributed by atoms with E-state index in [4.69, 9.17) is 10.2 Å². The van der Waals surface area contributed by atoms with Crippen LogP contribution >= 0.6 is 0 Å². The van der Waals surface area contributed by atoms with E-state index in [0.29, 0.717) is 19.3 Å². The summed E-state index contributed by atoms with van der Waals surface area (Å²) in [5, 5.41) is 17.5. The second-order valence-electron chi connectivity index (χ2n) is 3.37. The number of carboxylic acid groups (broad SMARTS) is 2. The molecule has 0 spiro atoms. The quantitative estimate of drug-likeness (QED) is 0.648. The first kappa shape index (κ1) is 9.77. The van der Waals surface area contributed by atoms with Crippen molar-refractivity contribution in [3.05, 3.63) is 12.2 Å². The minimum atomic E-state index is -1.07. The van der Waals surface area contributed by atoms with Gasteiger partial charge in [0.15, 0.2) is 0 Å². The fourth-order valence-electron chi connectivity index (χ4n) is 1.61. The van der Waals surface area contributed by atoms with Gasteiger partial charge in [-0.05, 0) is 19.3 Å². The van der Waals surface area contributed by atoms with Crippen molar-refractivity contribution < 1.29 is 19.8 Å². The van der Waals surface area contributed by atoms with Crippen molar-refractivity contribution in [1.29, 1.82) is 0 Å². The number of rotatable bonds is 3. The normalized spacial score (nSPS) is 27.1. The summed E-state index contributed by atoms with van der Waals surface area (Å²) in [6, 6.07) is 0. The topological polar surface area (TPSA) is 74.6 Å². The van der Waals surface area contributed by atoms with Crippen molar-refractivity contribution >= 4 is 11.9 Å². The van der Waals surface area contributed by atoms with Crippen molar-refractivity contribution in [2.75, 3.05) is 0 Å². The SMILES string of the molecule is O=C(O)CC1(C(=O)O)CC=CCC1. The molecule has 0 saturated heterocycles. The van der Waals surface area contributed by atoms with Crippen LogP contribution in [0.3, 0.4) is 0 Å². The van der Waals surface area contributed by atoms with Gasteiger partial charge in [-0.25, -0.2) is 0 Å². The lowest BCUT2D eigenvalue weighted by molar-refractivity contribution is -0.156. The van der Waals surface area contributed by atoms with Crippen LogP contribution in [0.15, 0.2) is 12.2 Å². The molecule has 0 saturated carbocycles. The molecule has 0 aromatic carbocycles. The van der Waals surface area contributed by atoms with E-state index in [2.05, 4.69) is 0 Å². The fraction of sp³-hybridized carbons (Fsp3) is 0.556. The lowest BCUT2D eigenvalue weighted by atomic mass is 9.74. The highest BCUT2D eigenvalue weighted by molar-refractivity contribution is 5.81. The van der Waals surface area contributed by atoms with E-state index in [1.165, 1.54) is 0 Å². The Balaban J connectivity index is 2.80. The highest BCUT2D eigenvalue weighted by Crippen LogP contribution is 2.36. The van der Waals surface area contributed by atoms with Gasteiger partial charge in [-0.3, -0.25) is 9.59 Å². The van der Waals surface area contributed by atoms with Gasteiger partial charge >= 0.3 is 11.9 Å². The summed E-state index contributed by atoms with van der Waals surface area (Å²) in [6.07, 6.45) is 4.76. The molecule has 0 fully saturated rings. The lowest BCUT2D eigenvalue weighted by Gasteiger charge is -2.28. The number of carbonyl (C=O) groups is 2. The van der Waals surface area contributed by atoms with E-state index < -0.39 is 17.4 Å². The van der Waals surface area contributed by atoms with Gasteiger partial charge in [-0.1, -0.05) is 12.2 Å². The van der Waals surface area contributed by atoms with E-state index in [0.717, 1.165) is 0 Å². The summed E-state index contributed by atoms with van der Waals surface area (Å²) >= 11 is 0. The van der Waals surface area contributed by atoms with Gasteiger partial charge in [0.05, 0.1) is 11.8 Å². The molecule has 1 aliphatic carbocycles. The molecule has 2 N–H and O–H groups in total. The molecule has 72 valence electrons. The summed E-state index contributed by atoms with van der Waals surface area (Å²) < 4.78 is 0. The maximum Gasteiger partial charge on any atom is 0.310 e. The van der Waals surface area contributed by atoms with Crippen molar-refractivity contribution in [3.63, 3.8) is 0 Å². The average Bonchev–Trinajstić information content (AvgIpc) is 2.04. The third-order valence-electron chi connectivity index (χ3n) is 2.41. The van der Waals surface area contributed by atoms with Gasteiger partial charge in [0.2, 0.25) is 0 Å². The predicted molar refractivity (Wildman–Crippen MR) is 45.3 cm³/mol. The van der Waals surface area contributed by atoms with Crippen molar-refractivity contribution in [3.8, 4) is 0 Å². The van der Waals surface area contributed by atoms with Crippen LogP contribution in [0.5, 0.6) is 0 Å². The van der Waals surface area contributed by atoms with Crippen LogP contribution in [0.2, 0.25) is 0 Å². The number of hydrogen-bond donors (Lipinski definition) is 2. The first-order valence-electron chi connectivity index (χ1n) is 4.17. The molecule has 0 bridgehead atoms. The number of allylic oxidation sites excluding steroid dienone is 2. The zero-order valence-corrected chi connectivity index (χ0v) is 7.19. The van der Waals surface area contributed by atoms with Gasteiger partial charge in [-0.2, -0.15) is 0 Å². The maximum atomic E-state index is 10.9. The van der Waals surface area contributed by atoms with Crippen molar-refractivity contribution in [2.45, 2.75) is 25.7 Å². The van der Waals surface area contributed by atoms with Gasteiger partial charge in [0, 0.05) is 0 Å². The lowest BCUT2D eigenvalue weighted by Crippen LogP contribution is -2.34. The van der Waals surface area contributed by atoms with Crippen LogP contribution in [-0.2, 0) is 9.59 Å². The molecule has 1 rings (SSSR count). The van der Waals surface area contributed by atoms with E-state index in [1.807, 2.05) is 6.08 Å². The van der Waals surface area contributed by atoms with Crippen LogP contribution in [0, 0.1) is 5.41 Å². The summed E-state index contributed by atoms with van der Waals surface area (Å²) in [4.78, 5) is 21.4. The highest BCUT2D eigenvalue weighted by Gasteiger charge is 2.40. The fourth-order valence-corrected chi connectivity index (χ4v) is 1.61. The minimum Gasteiger partial charge on any atom is -0.481 e.